The minimum Gasteiger partial charge on any atom is -0.382 e. The van der Waals surface area contributed by atoms with E-state index in [-0.39, 0.29) is 22.6 Å². The number of nitrogens with zero attached hydrogens (tertiary/aromatic N) is 5. The van der Waals surface area contributed by atoms with Crippen LogP contribution in [0.15, 0.2) is 54.7 Å². The van der Waals surface area contributed by atoms with Crippen LogP contribution in [0.25, 0.3) is 0 Å². The number of amides is 1. The van der Waals surface area contributed by atoms with Crippen LogP contribution < -0.4 is 16.4 Å². The van der Waals surface area contributed by atoms with Crippen LogP contribution in [0.4, 0.5) is 11.6 Å². The molecule has 178 valence electrons. The van der Waals surface area contributed by atoms with Crippen LogP contribution in [0.2, 0.25) is 5.15 Å². The largest absolute Gasteiger partial charge is 0.382 e. The Morgan fingerprint density at radius 2 is 1.74 bits per heavy atom. The number of nitrogens with two attached hydrogens (primary N) is 1. The summed E-state index contributed by atoms with van der Waals surface area (Å²) in [5.41, 5.74) is 8.17. The second-order valence-electron chi connectivity index (χ2n) is 8.13. The lowest BCUT2D eigenvalue weighted by molar-refractivity contribution is 0.0930. The van der Waals surface area contributed by atoms with Crippen molar-refractivity contribution in [2.24, 2.45) is 0 Å². The Morgan fingerprint density at radius 3 is 2.47 bits per heavy atom. The normalized spacial score (nSPS) is 14.6. The summed E-state index contributed by atoms with van der Waals surface area (Å²) < 4.78 is 0. The molecule has 3 heterocycles. The molecule has 0 unspecified atom stereocenters. The summed E-state index contributed by atoms with van der Waals surface area (Å²) in [6, 6.07) is 16.1. The summed E-state index contributed by atoms with van der Waals surface area (Å²) in [6.07, 6.45) is 1.71. The van der Waals surface area contributed by atoms with Crippen LogP contribution in [0.5, 0.6) is 0 Å². The molecule has 1 aromatic carbocycles. The fourth-order valence-corrected chi connectivity index (χ4v) is 4.00. The zero-order chi connectivity index (χ0) is 23.8. The van der Waals surface area contributed by atoms with Crippen molar-refractivity contribution in [2.45, 2.75) is 13.1 Å². The van der Waals surface area contributed by atoms with E-state index in [4.69, 9.17) is 17.3 Å². The zero-order valence-corrected chi connectivity index (χ0v) is 19.7. The van der Waals surface area contributed by atoms with Crippen molar-refractivity contribution in [3.05, 3.63) is 76.8 Å². The van der Waals surface area contributed by atoms with Crippen LogP contribution in [-0.2, 0) is 13.1 Å². The second-order valence-corrected chi connectivity index (χ2v) is 8.49. The van der Waals surface area contributed by atoms with Gasteiger partial charge in [-0.05, 0) is 17.7 Å². The number of nitrogens with one attached hydrogen (secondary N) is 2. The Kier molecular flexibility index (Phi) is 8.24. The highest BCUT2D eigenvalue weighted by atomic mass is 35.5. The molecule has 0 radical (unpaired) electrons. The van der Waals surface area contributed by atoms with Crippen LogP contribution in [0, 0.1) is 0 Å². The van der Waals surface area contributed by atoms with Gasteiger partial charge in [-0.2, -0.15) is 0 Å². The molecule has 0 bridgehead atoms. The number of nitrogen functional groups attached to an aromatic ring is 1. The van der Waals surface area contributed by atoms with Gasteiger partial charge in [-0.15, -0.1) is 0 Å². The van der Waals surface area contributed by atoms with Gasteiger partial charge >= 0.3 is 0 Å². The van der Waals surface area contributed by atoms with Crippen molar-refractivity contribution in [3.8, 4) is 0 Å². The van der Waals surface area contributed by atoms with E-state index in [1.165, 1.54) is 5.56 Å². The Hall–Kier alpha value is -3.27. The van der Waals surface area contributed by atoms with Gasteiger partial charge in [0.2, 0.25) is 0 Å². The van der Waals surface area contributed by atoms with Gasteiger partial charge in [0.05, 0.1) is 12.2 Å². The molecule has 0 atom stereocenters. The third-order valence-electron chi connectivity index (χ3n) is 5.69. The second kappa shape index (κ2) is 11.7. The molecule has 34 heavy (non-hydrogen) atoms. The molecule has 1 fully saturated rings. The van der Waals surface area contributed by atoms with Crippen molar-refractivity contribution >= 4 is 29.1 Å². The molecule has 9 nitrogen and oxygen atoms in total. The van der Waals surface area contributed by atoms with Gasteiger partial charge in [-0.25, -0.2) is 9.97 Å². The number of carbonyl (C=O) groups excluding carboxylic acids is 1. The lowest BCUT2D eigenvalue weighted by Crippen LogP contribution is -2.48. The molecule has 4 N–H and O–H groups in total. The molecule has 0 aliphatic carbocycles. The Labute approximate surface area is 204 Å². The fraction of sp³-hybridized carbons (Fsp3) is 0.333. The summed E-state index contributed by atoms with van der Waals surface area (Å²) in [7, 11) is 0. The summed E-state index contributed by atoms with van der Waals surface area (Å²) in [5.74, 6) is -0.0411. The number of piperazine rings is 1. The SMILES string of the molecule is Nc1nc(NCc2ccccn2)c(Cl)nc1C(=O)NCCN1CCN(Cc2ccccc2)CC1. The average Bonchev–Trinajstić information content (AvgIpc) is 2.86. The average molecular weight is 481 g/mol. The summed E-state index contributed by atoms with van der Waals surface area (Å²) in [4.78, 5) is 30.0. The Morgan fingerprint density at radius 1 is 1.00 bits per heavy atom. The maximum Gasteiger partial charge on any atom is 0.273 e. The van der Waals surface area contributed by atoms with Crippen molar-refractivity contribution in [3.63, 3.8) is 0 Å². The van der Waals surface area contributed by atoms with Gasteiger partial charge in [0.25, 0.3) is 5.91 Å². The van der Waals surface area contributed by atoms with Gasteiger partial charge < -0.3 is 16.4 Å². The van der Waals surface area contributed by atoms with Crippen molar-refractivity contribution in [1.82, 2.24) is 30.1 Å². The van der Waals surface area contributed by atoms with Gasteiger partial charge in [0.15, 0.2) is 22.5 Å². The first-order valence-electron chi connectivity index (χ1n) is 11.3. The molecule has 10 heteroatoms. The van der Waals surface area contributed by atoms with Crippen molar-refractivity contribution in [2.75, 3.05) is 50.3 Å². The molecule has 1 aliphatic rings. The third kappa shape index (κ3) is 6.63. The van der Waals surface area contributed by atoms with E-state index in [0.717, 1.165) is 45.0 Å². The molecule has 1 aliphatic heterocycles. The molecular formula is C24H29ClN8O. The molecule has 3 aromatic rings. The smallest absolute Gasteiger partial charge is 0.273 e. The highest BCUT2D eigenvalue weighted by molar-refractivity contribution is 6.32. The van der Waals surface area contributed by atoms with E-state index >= 15 is 0 Å². The van der Waals surface area contributed by atoms with E-state index in [2.05, 4.69) is 59.7 Å². The van der Waals surface area contributed by atoms with Gasteiger partial charge in [0.1, 0.15) is 0 Å². The summed E-state index contributed by atoms with van der Waals surface area (Å²) >= 11 is 6.23. The van der Waals surface area contributed by atoms with Crippen LogP contribution >= 0.6 is 11.6 Å². The number of pyridine rings is 1. The van der Waals surface area contributed by atoms with Crippen molar-refractivity contribution < 1.29 is 4.79 Å². The van der Waals surface area contributed by atoms with Gasteiger partial charge in [0, 0.05) is 52.0 Å². The van der Waals surface area contributed by atoms with E-state index in [1.54, 1.807) is 6.20 Å². The quantitative estimate of drug-likeness (QED) is 0.427. The molecule has 1 amide bonds. The van der Waals surface area contributed by atoms with E-state index < -0.39 is 0 Å². The number of hydrogen-bond donors (Lipinski definition) is 3. The zero-order valence-electron chi connectivity index (χ0n) is 19.0. The highest BCUT2D eigenvalue weighted by Gasteiger charge is 2.19. The molecule has 0 spiro atoms. The molecule has 2 aromatic heterocycles. The maximum atomic E-state index is 12.6. The molecule has 4 rings (SSSR count). The summed E-state index contributed by atoms with van der Waals surface area (Å²) in [6.45, 7) is 6.58. The first-order valence-corrected chi connectivity index (χ1v) is 11.7. The fourth-order valence-electron chi connectivity index (χ4n) is 3.81. The predicted octanol–water partition coefficient (Wildman–Crippen LogP) is 2.27. The maximum absolute atomic E-state index is 12.6. The van der Waals surface area contributed by atoms with Crippen LogP contribution in [-0.4, -0.2) is 69.9 Å². The minimum atomic E-state index is -0.383. The number of carbonyl (C=O) groups is 1. The van der Waals surface area contributed by atoms with Crippen LogP contribution in [0.1, 0.15) is 21.7 Å². The highest BCUT2D eigenvalue weighted by Crippen LogP contribution is 2.21. The molecule has 1 saturated heterocycles. The molecular weight excluding hydrogens is 452 g/mol. The number of hydrogen-bond acceptors (Lipinski definition) is 8. The first-order chi connectivity index (χ1) is 16.6. The Balaban J connectivity index is 1.21. The number of aromatic nitrogens is 3. The predicted molar refractivity (Wildman–Crippen MR) is 134 cm³/mol. The first kappa shape index (κ1) is 23.9. The van der Waals surface area contributed by atoms with E-state index in [9.17, 15) is 4.79 Å². The third-order valence-corrected chi connectivity index (χ3v) is 5.95. The van der Waals surface area contributed by atoms with E-state index in [1.807, 2.05) is 24.3 Å². The van der Waals surface area contributed by atoms with Crippen molar-refractivity contribution in [1.29, 1.82) is 0 Å². The number of halogens is 1. The summed E-state index contributed by atoms with van der Waals surface area (Å²) in [5, 5.41) is 6.02. The topological polar surface area (TPSA) is 112 Å². The standard InChI is InChI=1S/C24H29ClN8O/c25-21-23(29-16-19-8-4-5-9-27-19)31-22(26)20(30-21)24(34)28-10-11-32-12-14-33(15-13-32)17-18-6-2-1-3-7-18/h1-9H,10-17H2,(H,28,34)(H3,26,29,31). The number of rotatable bonds is 9. The lowest BCUT2D eigenvalue weighted by Gasteiger charge is -2.34. The van der Waals surface area contributed by atoms with Gasteiger partial charge in [-0.1, -0.05) is 48.0 Å². The van der Waals surface area contributed by atoms with E-state index in [0.29, 0.717) is 18.9 Å². The Bertz CT molecular complexity index is 1080. The van der Waals surface area contributed by atoms with Gasteiger partial charge in [-0.3, -0.25) is 19.6 Å². The molecule has 0 saturated carbocycles. The lowest BCUT2D eigenvalue weighted by atomic mass is 10.2. The minimum absolute atomic E-state index is 0.0277. The van der Waals surface area contributed by atoms with Crippen LogP contribution in [0.3, 0.4) is 0 Å². The number of anilines is 2. The monoisotopic (exact) mass is 480 g/mol. The number of benzene rings is 1.